The molecule has 1 heterocycles. The van der Waals surface area contributed by atoms with Gasteiger partial charge in [-0.05, 0) is 18.2 Å². The maximum absolute atomic E-state index is 12.4. The van der Waals surface area contributed by atoms with E-state index < -0.39 is 0 Å². The van der Waals surface area contributed by atoms with E-state index in [1.807, 2.05) is 4.90 Å². The fourth-order valence-electron chi connectivity index (χ4n) is 2.25. The fourth-order valence-corrected chi connectivity index (χ4v) is 2.78. The van der Waals surface area contributed by atoms with Crippen molar-refractivity contribution in [3.8, 4) is 0 Å². The number of halogens is 2. The predicted octanol–water partition coefficient (Wildman–Crippen LogP) is 1.50. The maximum atomic E-state index is 12.4. The summed E-state index contributed by atoms with van der Waals surface area (Å²) in [6.07, 6.45) is 0. The van der Waals surface area contributed by atoms with Crippen LogP contribution in [0.15, 0.2) is 18.2 Å². The Bertz CT molecular complexity index is 523. The van der Waals surface area contributed by atoms with Crippen molar-refractivity contribution in [1.82, 2.24) is 15.1 Å². The molecule has 0 aliphatic carbocycles. The number of hydrogen-bond acceptors (Lipinski definition) is 3. The fraction of sp³-hybridized carbons (Fsp3) is 0.429. The monoisotopic (exact) mass is 329 g/mol. The average molecular weight is 330 g/mol. The minimum atomic E-state index is -0.0843. The minimum Gasteiger partial charge on any atom is -0.358 e. The summed E-state index contributed by atoms with van der Waals surface area (Å²) in [5.74, 6) is -0.101. The number of likely N-dealkylation sites (N-methyl/N-ethyl adjacent to an activating group) is 1. The highest BCUT2D eigenvalue weighted by Crippen LogP contribution is 2.20. The summed E-state index contributed by atoms with van der Waals surface area (Å²) in [4.78, 5) is 27.5. The lowest BCUT2D eigenvalue weighted by molar-refractivity contribution is -0.122. The Kier molecular flexibility index (Phi) is 5.45. The van der Waals surface area contributed by atoms with Gasteiger partial charge in [-0.15, -0.1) is 0 Å². The molecule has 0 saturated carbocycles. The molecule has 2 amide bonds. The zero-order chi connectivity index (χ0) is 15.4. The largest absolute Gasteiger partial charge is 0.358 e. The Morgan fingerprint density at radius 3 is 2.19 bits per heavy atom. The SMILES string of the molecule is CNC(=O)CN1CCN(C(=O)c2cc(Cl)cc(Cl)c2)CC1. The molecule has 1 N–H and O–H groups in total. The smallest absolute Gasteiger partial charge is 0.254 e. The molecule has 0 aromatic heterocycles. The molecule has 5 nitrogen and oxygen atoms in total. The van der Waals surface area contributed by atoms with Crippen LogP contribution in [-0.2, 0) is 4.79 Å². The first-order chi connectivity index (χ1) is 9.99. The van der Waals surface area contributed by atoms with Crippen LogP contribution in [0, 0.1) is 0 Å². The topological polar surface area (TPSA) is 52.7 Å². The quantitative estimate of drug-likeness (QED) is 0.914. The second-order valence-electron chi connectivity index (χ2n) is 4.90. The molecule has 0 atom stereocenters. The second kappa shape index (κ2) is 7.11. The Balaban J connectivity index is 1.95. The van der Waals surface area contributed by atoms with Gasteiger partial charge in [0.25, 0.3) is 5.91 Å². The molecular weight excluding hydrogens is 313 g/mol. The Labute approximate surface area is 133 Å². The molecule has 1 aromatic carbocycles. The summed E-state index contributed by atoms with van der Waals surface area (Å²) < 4.78 is 0. The molecule has 1 fully saturated rings. The van der Waals surface area contributed by atoms with Crippen LogP contribution in [0.5, 0.6) is 0 Å². The van der Waals surface area contributed by atoms with Gasteiger partial charge < -0.3 is 10.2 Å². The highest BCUT2D eigenvalue weighted by molar-refractivity contribution is 6.35. The summed E-state index contributed by atoms with van der Waals surface area (Å²) >= 11 is 11.8. The third kappa shape index (κ3) is 4.33. The van der Waals surface area contributed by atoms with Crippen molar-refractivity contribution in [2.45, 2.75) is 0 Å². The van der Waals surface area contributed by atoms with E-state index >= 15 is 0 Å². The van der Waals surface area contributed by atoms with Crippen LogP contribution in [0.25, 0.3) is 0 Å². The van der Waals surface area contributed by atoms with Crippen LogP contribution in [0.3, 0.4) is 0 Å². The molecule has 0 radical (unpaired) electrons. The molecule has 0 spiro atoms. The average Bonchev–Trinajstić information content (AvgIpc) is 2.46. The number of hydrogen-bond donors (Lipinski definition) is 1. The lowest BCUT2D eigenvalue weighted by atomic mass is 10.2. The standard InChI is InChI=1S/C14H17Cl2N3O2/c1-17-13(20)9-18-2-4-19(5-3-18)14(21)10-6-11(15)8-12(16)7-10/h6-8H,2-5,9H2,1H3,(H,17,20). The van der Waals surface area contributed by atoms with Gasteiger partial charge >= 0.3 is 0 Å². The van der Waals surface area contributed by atoms with Crippen LogP contribution in [0.2, 0.25) is 10.0 Å². The zero-order valence-electron chi connectivity index (χ0n) is 11.7. The third-order valence-electron chi connectivity index (χ3n) is 3.42. The Hall–Kier alpha value is -1.30. The molecule has 1 saturated heterocycles. The van der Waals surface area contributed by atoms with E-state index in [0.29, 0.717) is 48.3 Å². The number of rotatable bonds is 3. The van der Waals surface area contributed by atoms with Crippen LogP contribution < -0.4 is 5.32 Å². The number of benzene rings is 1. The molecule has 1 aromatic rings. The summed E-state index contributed by atoms with van der Waals surface area (Å²) in [6, 6.07) is 4.83. The van der Waals surface area contributed by atoms with Crippen molar-refractivity contribution in [3.05, 3.63) is 33.8 Å². The van der Waals surface area contributed by atoms with Crippen LogP contribution in [-0.4, -0.2) is 61.4 Å². The van der Waals surface area contributed by atoms with E-state index in [0.717, 1.165) is 0 Å². The van der Waals surface area contributed by atoms with E-state index in [9.17, 15) is 9.59 Å². The van der Waals surface area contributed by atoms with E-state index in [4.69, 9.17) is 23.2 Å². The number of carbonyl (C=O) groups excluding carboxylic acids is 2. The minimum absolute atomic E-state index is 0.0172. The van der Waals surface area contributed by atoms with E-state index in [1.165, 1.54) is 0 Å². The highest BCUT2D eigenvalue weighted by Gasteiger charge is 2.23. The number of piperazine rings is 1. The van der Waals surface area contributed by atoms with Gasteiger partial charge in [0, 0.05) is 48.8 Å². The lowest BCUT2D eigenvalue weighted by Crippen LogP contribution is -2.50. The van der Waals surface area contributed by atoms with Gasteiger partial charge in [0.1, 0.15) is 0 Å². The first-order valence-electron chi connectivity index (χ1n) is 6.68. The molecule has 21 heavy (non-hydrogen) atoms. The number of amides is 2. The van der Waals surface area contributed by atoms with Crippen molar-refractivity contribution in [3.63, 3.8) is 0 Å². The van der Waals surface area contributed by atoms with Crippen LogP contribution in [0.1, 0.15) is 10.4 Å². The maximum Gasteiger partial charge on any atom is 0.254 e. The van der Waals surface area contributed by atoms with Gasteiger partial charge in [-0.3, -0.25) is 14.5 Å². The van der Waals surface area contributed by atoms with Crippen LogP contribution in [0.4, 0.5) is 0 Å². The van der Waals surface area contributed by atoms with E-state index in [2.05, 4.69) is 5.32 Å². The number of nitrogens with zero attached hydrogens (tertiary/aromatic N) is 2. The Morgan fingerprint density at radius 2 is 1.67 bits per heavy atom. The van der Waals surface area contributed by atoms with Gasteiger partial charge in [0.2, 0.25) is 5.91 Å². The van der Waals surface area contributed by atoms with Gasteiger partial charge in [-0.25, -0.2) is 0 Å². The lowest BCUT2D eigenvalue weighted by Gasteiger charge is -2.34. The Morgan fingerprint density at radius 1 is 1.10 bits per heavy atom. The molecule has 1 aliphatic rings. The van der Waals surface area contributed by atoms with Crippen molar-refractivity contribution in [1.29, 1.82) is 0 Å². The molecule has 0 bridgehead atoms. The van der Waals surface area contributed by atoms with Crippen molar-refractivity contribution in [2.24, 2.45) is 0 Å². The van der Waals surface area contributed by atoms with Crippen molar-refractivity contribution in [2.75, 3.05) is 39.8 Å². The summed E-state index contributed by atoms with van der Waals surface area (Å²) in [5.41, 5.74) is 0.493. The zero-order valence-corrected chi connectivity index (χ0v) is 13.2. The second-order valence-corrected chi connectivity index (χ2v) is 5.77. The van der Waals surface area contributed by atoms with Gasteiger partial charge in [0.15, 0.2) is 0 Å². The molecule has 1 aliphatic heterocycles. The molecule has 2 rings (SSSR count). The summed E-state index contributed by atoms with van der Waals surface area (Å²) in [5, 5.41) is 3.49. The number of carbonyl (C=O) groups is 2. The molecular formula is C14H17Cl2N3O2. The van der Waals surface area contributed by atoms with E-state index in [-0.39, 0.29) is 11.8 Å². The summed E-state index contributed by atoms with van der Waals surface area (Å²) in [7, 11) is 1.62. The van der Waals surface area contributed by atoms with Crippen molar-refractivity contribution < 1.29 is 9.59 Å². The molecule has 0 unspecified atom stereocenters. The first kappa shape index (κ1) is 16.1. The summed E-state index contributed by atoms with van der Waals surface area (Å²) in [6.45, 7) is 2.88. The van der Waals surface area contributed by atoms with Gasteiger partial charge in [-0.2, -0.15) is 0 Å². The van der Waals surface area contributed by atoms with Crippen LogP contribution >= 0.6 is 23.2 Å². The molecule has 7 heteroatoms. The number of nitrogens with one attached hydrogen (secondary N) is 1. The normalized spacial score (nSPS) is 15.9. The third-order valence-corrected chi connectivity index (χ3v) is 3.85. The highest BCUT2D eigenvalue weighted by atomic mass is 35.5. The van der Waals surface area contributed by atoms with Gasteiger partial charge in [-0.1, -0.05) is 23.2 Å². The molecule has 114 valence electrons. The predicted molar refractivity (Wildman–Crippen MR) is 82.9 cm³/mol. The van der Waals surface area contributed by atoms with E-state index in [1.54, 1.807) is 30.1 Å². The first-order valence-corrected chi connectivity index (χ1v) is 7.43. The van der Waals surface area contributed by atoms with Crippen molar-refractivity contribution >= 4 is 35.0 Å². The van der Waals surface area contributed by atoms with Gasteiger partial charge in [0.05, 0.1) is 6.54 Å².